The number of carboxylic acids is 1. The van der Waals surface area contributed by atoms with Crippen LogP contribution in [0.15, 0.2) is 63.2 Å². The number of fused-ring (bicyclic) bond motifs is 1. The van der Waals surface area contributed by atoms with Gasteiger partial charge in [-0.05, 0) is 80.1 Å². The topological polar surface area (TPSA) is 148 Å². The summed E-state index contributed by atoms with van der Waals surface area (Å²) in [6.45, 7) is 2.81. The van der Waals surface area contributed by atoms with Crippen LogP contribution >= 0.6 is 0 Å². The van der Waals surface area contributed by atoms with E-state index in [1.165, 1.54) is 34.7 Å². The van der Waals surface area contributed by atoms with Gasteiger partial charge in [-0.2, -0.15) is 15.2 Å². The van der Waals surface area contributed by atoms with E-state index in [1.807, 2.05) is 12.1 Å². The van der Waals surface area contributed by atoms with E-state index in [4.69, 9.17) is 14.6 Å². The van der Waals surface area contributed by atoms with E-state index in [1.54, 1.807) is 25.1 Å². The number of carboxylic acid groups (broad SMARTS) is 1. The molecule has 216 valence electrons. The van der Waals surface area contributed by atoms with Crippen molar-refractivity contribution in [2.24, 2.45) is 10.2 Å². The minimum absolute atomic E-state index is 0.133. The largest absolute Gasteiger partial charge is 0.505 e. The Morgan fingerprint density at radius 2 is 1.83 bits per heavy atom. The third-order valence-electron chi connectivity index (χ3n) is 6.74. The van der Waals surface area contributed by atoms with Gasteiger partial charge in [-0.15, -0.1) is 0 Å². The molecule has 41 heavy (non-hydrogen) atoms. The predicted molar refractivity (Wildman–Crippen MR) is 157 cm³/mol. The Hall–Kier alpha value is -4.48. The number of hydrazone groups is 2. The number of anilines is 2. The number of rotatable bonds is 7. The highest BCUT2D eigenvalue weighted by atomic mass is 16.4. The summed E-state index contributed by atoms with van der Waals surface area (Å²) in [6, 6.07) is 13.6. The highest BCUT2D eigenvalue weighted by Crippen LogP contribution is 2.36. The number of hydrogen-bond acceptors (Lipinski definition) is 8. The summed E-state index contributed by atoms with van der Waals surface area (Å²) in [7, 11) is 6.16. The van der Waals surface area contributed by atoms with Crippen molar-refractivity contribution in [2.75, 3.05) is 44.7 Å². The van der Waals surface area contributed by atoms with Crippen LogP contribution in [0.2, 0.25) is 0 Å². The van der Waals surface area contributed by atoms with E-state index in [0.717, 1.165) is 30.3 Å². The van der Waals surface area contributed by atoms with Crippen LogP contribution in [0.3, 0.4) is 0 Å². The standard InChI is InChI=1S/C25H22N4O5.C5H14NO/c1-14-22(24(31)29(28-14)17-10-9-15-5-2-3-6-16(15)13-17)27-26-19-8-4-7-18(23(19)30)20-11-12-21(34-20)25(32)33;1-6(2,3)4-5-7/h4,7-13,26,30H,2-3,5-6H2,1H3,(H,32,33);7H,4-5H2,1-3H3/q;+1/b27-22-;. The van der Waals surface area contributed by atoms with E-state index < -0.39 is 5.97 Å². The van der Waals surface area contributed by atoms with Crippen molar-refractivity contribution in [2.45, 2.75) is 32.6 Å². The zero-order chi connectivity index (χ0) is 29.7. The van der Waals surface area contributed by atoms with Gasteiger partial charge in [0.05, 0.1) is 50.4 Å². The number of hydrogen-bond donors (Lipinski definition) is 4. The van der Waals surface area contributed by atoms with Gasteiger partial charge in [-0.3, -0.25) is 10.2 Å². The van der Waals surface area contributed by atoms with Crippen LogP contribution in [0.5, 0.6) is 5.75 Å². The second-order valence-electron chi connectivity index (χ2n) is 10.9. The number of amides is 1. The van der Waals surface area contributed by atoms with Gasteiger partial charge < -0.3 is 24.2 Å². The monoisotopic (exact) mass is 562 g/mol. The minimum Gasteiger partial charge on any atom is -0.505 e. The lowest BCUT2D eigenvalue weighted by atomic mass is 9.91. The first-order chi connectivity index (χ1) is 19.5. The SMILES string of the molecule is CC1=NN(c2ccc3c(c2)CCCC3)C(=O)/C1=N\Nc1cccc(-c2ccc(C(=O)O)o2)c1O.C[N+](C)(C)CCO. The molecule has 0 fully saturated rings. The van der Waals surface area contributed by atoms with Gasteiger partial charge in [-0.1, -0.05) is 12.1 Å². The molecule has 1 aliphatic carbocycles. The minimum atomic E-state index is -1.20. The second-order valence-corrected chi connectivity index (χ2v) is 10.9. The fourth-order valence-corrected chi connectivity index (χ4v) is 4.50. The molecule has 1 aliphatic heterocycles. The summed E-state index contributed by atoms with van der Waals surface area (Å²) in [6.07, 6.45) is 4.38. The normalized spacial score (nSPS) is 15.7. The van der Waals surface area contributed by atoms with Crippen LogP contribution < -0.4 is 10.4 Å². The molecule has 2 aromatic carbocycles. The van der Waals surface area contributed by atoms with Crippen molar-refractivity contribution in [1.82, 2.24) is 0 Å². The third kappa shape index (κ3) is 7.00. The summed E-state index contributed by atoms with van der Waals surface area (Å²) < 4.78 is 6.12. The van der Waals surface area contributed by atoms with Crippen LogP contribution in [-0.4, -0.2) is 77.4 Å². The lowest BCUT2D eigenvalue weighted by molar-refractivity contribution is -0.870. The molecule has 1 amide bonds. The maximum Gasteiger partial charge on any atom is 0.371 e. The fourth-order valence-electron chi connectivity index (χ4n) is 4.50. The Morgan fingerprint density at radius 1 is 1.10 bits per heavy atom. The molecule has 11 heteroatoms. The smallest absolute Gasteiger partial charge is 0.371 e. The van der Waals surface area contributed by atoms with Crippen molar-refractivity contribution in [3.8, 4) is 17.1 Å². The zero-order valence-corrected chi connectivity index (χ0v) is 23.7. The molecule has 4 N–H and O–H groups in total. The number of carbonyl (C=O) groups is 2. The Balaban J connectivity index is 0.000000493. The van der Waals surface area contributed by atoms with Crippen molar-refractivity contribution >= 4 is 34.7 Å². The number of aliphatic hydroxyl groups excluding tert-OH is 1. The Bertz CT molecular complexity index is 1500. The highest BCUT2D eigenvalue weighted by Gasteiger charge is 2.31. The molecule has 0 saturated carbocycles. The van der Waals surface area contributed by atoms with Crippen LogP contribution in [0.25, 0.3) is 11.3 Å². The van der Waals surface area contributed by atoms with E-state index in [9.17, 15) is 14.7 Å². The van der Waals surface area contributed by atoms with E-state index in [0.29, 0.717) is 11.4 Å². The number of likely N-dealkylation sites (N-methyl/N-ethyl adjacent to an activating group) is 1. The van der Waals surface area contributed by atoms with Gasteiger partial charge in [0, 0.05) is 0 Å². The predicted octanol–water partition coefficient (Wildman–Crippen LogP) is 4.10. The quantitative estimate of drug-likeness (QED) is 0.192. The van der Waals surface area contributed by atoms with Crippen LogP contribution in [-0.2, 0) is 17.6 Å². The molecule has 0 saturated heterocycles. The van der Waals surface area contributed by atoms with Crippen molar-refractivity contribution in [3.63, 3.8) is 0 Å². The third-order valence-corrected chi connectivity index (χ3v) is 6.74. The van der Waals surface area contributed by atoms with Gasteiger partial charge in [0.25, 0.3) is 0 Å². The van der Waals surface area contributed by atoms with E-state index >= 15 is 0 Å². The second kappa shape index (κ2) is 12.4. The number of aliphatic hydroxyl groups is 1. The number of phenolic OH excluding ortho intramolecular Hbond substituents is 1. The summed E-state index contributed by atoms with van der Waals surface area (Å²) >= 11 is 0. The summed E-state index contributed by atoms with van der Waals surface area (Å²) in [5, 5.41) is 38.1. The molecular formula is C30H36N5O6+. The molecule has 0 spiro atoms. The molecular weight excluding hydrogens is 526 g/mol. The maximum absolute atomic E-state index is 13.1. The Labute approximate surface area is 238 Å². The zero-order valence-electron chi connectivity index (χ0n) is 23.7. The highest BCUT2D eigenvalue weighted by molar-refractivity contribution is 6.71. The molecule has 1 aromatic heterocycles. The molecule has 2 heterocycles. The van der Waals surface area contributed by atoms with Crippen LogP contribution in [0, 0.1) is 0 Å². The van der Waals surface area contributed by atoms with Gasteiger partial charge in [0.2, 0.25) is 5.76 Å². The van der Waals surface area contributed by atoms with Crippen LogP contribution in [0.1, 0.15) is 41.4 Å². The first-order valence-electron chi connectivity index (χ1n) is 13.4. The summed E-state index contributed by atoms with van der Waals surface area (Å²) in [5.41, 5.74) is 7.10. The lowest BCUT2D eigenvalue weighted by Crippen LogP contribution is -2.36. The number of aromatic carboxylic acids is 1. The van der Waals surface area contributed by atoms with Crippen molar-refractivity contribution in [1.29, 1.82) is 0 Å². The van der Waals surface area contributed by atoms with Gasteiger partial charge in [0.15, 0.2) is 11.5 Å². The van der Waals surface area contributed by atoms with Crippen molar-refractivity contribution in [3.05, 3.63) is 65.4 Å². The Kier molecular flexibility index (Phi) is 8.89. The Morgan fingerprint density at radius 3 is 2.46 bits per heavy atom. The van der Waals surface area contributed by atoms with E-state index in [-0.39, 0.29) is 46.7 Å². The number of aryl methyl sites for hydroxylation is 2. The maximum atomic E-state index is 13.1. The van der Waals surface area contributed by atoms with Crippen LogP contribution in [0.4, 0.5) is 11.4 Å². The number of aromatic hydroxyl groups is 1. The van der Waals surface area contributed by atoms with Gasteiger partial charge >= 0.3 is 11.9 Å². The number of carbonyl (C=O) groups excluding carboxylic acids is 1. The average Bonchev–Trinajstić information content (AvgIpc) is 3.52. The van der Waals surface area contributed by atoms with Gasteiger partial charge in [-0.25, -0.2) is 4.79 Å². The number of para-hydroxylation sites is 1. The first-order valence-corrected chi connectivity index (χ1v) is 13.4. The van der Waals surface area contributed by atoms with E-state index in [2.05, 4.69) is 42.8 Å². The molecule has 0 atom stereocenters. The molecule has 0 radical (unpaired) electrons. The summed E-state index contributed by atoms with van der Waals surface area (Å²) in [5.74, 6) is -1.80. The molecule has 0 unspecified atom stereocenters. The molecule has 11 nitrogen and oxygen atoms in total. The fraction of sp³-hybridized carbons (Fsp3) is 0.333. The van der Waals surface area contributed by atoms with Crippen molar-refractivity contribution < 1.29 is 33.8 Å². The first kappa shape index (κ1) is 29.5. The molecule has 5 rings (SSSR count). The molecule has 0 bridgehead atoms. The summed E-state index contributed by atoms with van der Waals surface area (Å²) in [4.78, 5) is 24.1. The average molecular weight is 563 g/mol. The number of phenols is 1. The lowest BCUT2D eigenvalue weighted by Gasteiger charge is -2.21. The number of nitrogens with zero attached hydrogens (tertiary/aromatic N) is 4. The number of quaternary nitrogens is 1. The molecule has 3 aromatic rings. The number of benzene rings is 2. The number of nitrogens with one attached hydrogen (secondary N) is 1. The van der Waals surface area contributed by atoms with Gasteiger partial charge in [0.1, 0.15) is 12.3 Å². The molecule has 2 aliphatic rings. The number of furan rings is 1.